The monoisotopic (exact) mass is 343 g/mol. The van der Waals surface area contributed by atoms with Crippen LogP contribution in [0.4, 0.5) is 0 Å². The van der Waals surface area contributed by atoms with E-state index in [-0.39, 0.29) is 5.70 Å². The minimum absolute atomic E-state index is 0.259. The Labute approximate surface area is 151 Å². The summed E-state index contributed by atoms with van der Waals surface area (Å²) in [4.78, 5) is 16.7. The third-order valence-corrected chi connectivity index (χ3v) is 4.35. The summed E-state index contributed by atoms with van der Waals surface area (Å²) < 4.78 is 10.8. The van der Waals surface area contributed by atoms with E-state index in [2.05, 4.69) is 4.99 Å². The number of benzene rings is 3. The van der Waals surface area contributed by atoms with Crippen molar-refractivity contribution < 1.29 is 14.3 Å². The van der Waals surface area contributed by atoms with E-state index in [1.54, 1.807) is 13.2 Å². The fourth-order valence-electron chi connectivity index (χ4n) is 2.97. The Bertz CT molecular complexity index is 1060. The third kappa shape index (κ3) is 2.86. The van der Waals surface area contributed by atoms with E-state index in [4.69, 9.17) is 9.47 Å². The highest BCUT2D eigenvalue weighted by Gasteiger charge is 2.24. The number of aliphatic imine (C=N–C) groups is 1. The highest BCUT2D eigenvalue weighted by molar-refractivity contribution is 6.13. The van der Waals surface area contributed by atoms with Crippen LogP contribution in [0.3, 0.4) is 0 Å². The van der Waals surface area contributed by atoms with E-state index in [0.29, 0.717) is 11.6 Å². The van der Waals surface area contributed by atoms with E-state index in [9.17, 15) is 4.79 Å². The number of carbonyl (C=O) groups excluding carboxylic acids is 1. The molecule has 0 amide bonds. The molecule has 0 saturated carbocycles. The van der Waals surface area contributed by atoms with Crippen molar-refractivity contribution >= 4 is 28.7 Å². The van der Waals surface area contributed by atoms with Crippen molar-refractivity contribution in [1.29, 1.82) is 0 Å². The van der Waals surface area contributed by atoms with Crippen molar-refractivity contribution in [3.05, 3.63) is 83.1 Å². The summed E-state index contributed by atoms with van der Waals surface area (Å²) in [5.41, 5.74) is 2.98. The first-order valence-electron chi connectivity index (χ1n) is 8.31. The van der Waals surface area contributed by atoms with Crippen LogP contribution >= 0.6 is 0 Å². The highest BCUT2D eigenvalue weighted by Crippen LogP contribution is 2.31. The second-order valence-corrected chi connectivity index (χ2v) is 6.10. The molecule has 4 rings (SSSR count). The molecule has 0 N–H and O–H groups in total. The zero-order valence-corrected chi connectivity index (χ0v) is 14.5. The van der Waals surface area contributed by atoms with Gasteiger partial charge < -0.3 is 9.47 Å². The smallest absolute Gasteiger partial charge is 0.363 e. The molecule has 1 aliphatic heterocycles. The van der Waals surface area contributed by atoms with Gasteiger partial charge in [-0.3, -0.25) is 0 Å². The lowest BCUT2D eigenvalue weighted by Gasteiger charge is -2.08. The molecule has 1 aliphatic rings. The molecule has 0 radical (unpaired) electrons. The summed E-state index contributed by atoms with van der Waals surface area (Å²) >= 11 is 0. The van der Waals surface area contributed by atoms with Crippen LogP contribution in [0.2, 0.25) is 0 Å². The van der Waals surface area contributed by atoms with Gasteiger partial charge in [-0.2, -0.15) is 0 Å². The number of methoxy groups -OCH3 is 1. The fraction of sp³-hybridized carbons (Fsp3) is 0.0909. The van der Waals surface area contributed by atoms with Gasteiger partial charge in [0.2, 0.25) is 5.90 Å². The molecule has 0 fully saturated rings. The van der Waals surface area contributed by atoms with Crippen molar-refractivity contribution in [1.82, 2.24) is 0 Å². The standard InChI is InChI=1S/C22H17NO3/c1-14-7-9-16(10-8-14)21-23-19(22(24)26-21)13-18-17-6-4-3-5-15(17)11-12-20(18)25-2/h3-13H,1-2H3. The normalized spacial score (nSPS) is 15.2. The van der Waals surface area contributed by atoms with Crippen LogP contribution in [0.25, 0.3) is 16.8 Å². The Balaban J connectivity index is 1.82. The van der Waals surface area contributed by atoms with Gasteiger partial charge in [-0.25, -0.2) is 9.79 Å². The molecular weight excluding hydrogens is 326 g/mol. The van der Waals surface area contributed by atoms with Gasteiger partial charge in [-0.05, 0) is 42.0 Å². The summed E-state index contributed by atoms with van der Waals surface area (Å²) in [6.07, 6.45) is 1.73. The average Bonchev–Trinajstić information content (AvgIpc) is 3.03. The van der Waals surface area contributed by atoms with E-state index in [1.165, 1.54) is 0 Å². The van der Waals surface area contributed by atoms with Gasteiger partial charge in [0.1, 0.15) is 5.75 Å². The maximum Gasteiger partial charge on any atom is 0.363 e. The zero-order valence-electron chi connectivity index (χ0n) is 14.5. The molecular formula is C22H17NO3. The lowest BCUT2D eigenvalue weighted by molar-refractivity contribution is -0.129. The number of hydrogen-bond donors (Lipinski definition) is 0. The summed E-state index contributed by atoms with van der Waals surface area (Å²) in [6, 6.07) is 19.5. The van der Waals surface area contributed by atoms with Gasteiger partial charge in [-0.15, -0.1) is 0 Å². The first kappa shape index (κ1) is 16.1. The minimum Gasteiger partial charge on any atom is -0.496 e. The number of aryl methyl sites for hydroxylation is 1. The number of ether oxygens (including phenoxy) is 2. The Morgan fingerprint density at radius 2 is 1.77 bits per heavy atom. The van der Waals surface area contributed by atoms with Gasteiger partial charge in [-0.1, -0.05) is 48.0 Å². The number of esters is 1. The molecule has 0 spiro atoms. The molecule has 0 bridgehead atoms. The molecule has 26 heavy (non-hydrogen) atoms. The van der Waals surface area contributed by atoms with Gasteiger partial charge in [0.05, 0.1) is 7.11 Å². The summed E-state index contributed by atoms with van der Waals surface area (Å²) in [6.45, 7) is 2.00. The number of rotatable bonds is 3. The minimum atomic E-state index is -0.462. The molecule has 3 aromatic carbocycles. The number of carbonyl (C=O) groups is 1. The van der Waals surface area contributed by atoms with Crippen LogP contribution in [0, 0.1) is 6.92 Å². The number of hydrogen-bond acceptors (Lipinski definition) is 4. The molecule has 0 unspecified atom stereocenters. The Kier molecular flexibility index (Phi) is 4.01. The maximum atomic E-state index is 12.3. The molecule has 1 heterocycles. The molecule has 128 valence electrons. The van der Waals surface area contributed by atoms with Crippen molar-refractivity contribution in [3.8, 4) is 5.75 Å². The Morgan fingerprint density at radius 3 is 2.54 bits per heavy atom. The lowest BCUT2D eigenvalue weighted by atomic mass is 10.0. The van der Waals surface area contributed by atoms with Crippen LogP contribution in [-0.2, 0) is 9.53 Å². The van der Waals surface area contributed by atoms with Crippen LogP contribution in [0.5, 0.6) is 5.75 Å². The SMILES string of the molecule is COc1ccc2ccccc2c1C=C1N=C(c2ccc(C)cc2)OC1=O. The average molecular weight is 343 g/mol. The molecule has 0 aliphatic carbocycles. The van der Waals surface area contributed by atoms with E-state index >= 15 is 0 Å². The number of nitrogens with zero attached hydrogens (tertiary/aromatic N) is 1. The summed E-state index contributed by atoms with van der Waals surface area (Å²) in [7, 11) is 1.61. The first-order chi connectivity index (χ1) is 12.7. The predicted molar refractivity (Wildman–Crippen MR) is 102 cm³/mol. The highest BCUT2D eigenvalue weighted by atomic mass is 16.6. The molecule has 0 atom stereocenters. The quantitative estimate of drug-likeness (QED) is 0.519. The Morgan fingerprint density at radius 1 is 1.00 bits per heavy atom. The van der Waals surface area contributed by atoms with Crippen LogP contribution in [-0.4, -0.2) is 19.0 Å². The van der Waals surface area contributed by atoms with Gasteiger partial charge in [0, 0.05) is 11.1 Å². The predicted octanol–water partition coefficient (Wildman–Crippen LogP) is 4.50. The molecule has 0 aromatic heterocycles. The van der Waals surface area contributed by atoms with Crippen molar-refractivity contribution in [2.75, 3.05) is 7.11 Å². The fourth-order valence-corrected chi connectivity index (χ4v) is 2.97. The van der Waals surface area contributed by atoms with Crippen LogP contribution < -0.4 is 4.74 Å². The van der Waals surface area contributed by atoms with E-state index in [0.717, 1.165) is 27.5 Å². The second kappa shape index (κ2) is 6.48. The topological polar surface area (TPSA) is 47.9 Å². The number of cyclic esters (lactones) is 1. The lowest BCUT2D eigenvalue weighted by Crippen LogP contribution is -2.05. The van der Waals surface area contributed by atoms with Gasteiger partial charge >= 0.3 is 5.97 Å². The number of fused-ring (bicyclic) bond motifs is 1. The van der Waals surface area contributed by atoms with Gasteiger partial charge in [0.15, 0.2) is 5.70 Å². The van der Waals surface area contributed by atoms with Crippen LogP contribution in [0.1, 0.15) is 16.7 Å². The molecule has 4 nitrogen and oxygen atoms in total. The summed E-state index contributed by atoms with van der Waals surface area (Å²) in [5.74, 6) is 0.541. The van der Waals surface area contributed by atoms with Crippen molar-refractivity contribution in [2.24, 2.45) is 4.99 Å². The zero-order chi connectivity index (χ0) is 18.1. The van der Waals surface area contributed by atoms with E-state index in [1.807, 2.05) is 67.6 Å². The molecule has 0 saturated heterocycles. The first-order valence-corrected chi connectivity index (χ1v) is 8.31. The molecule has 3 aromatic rings. The van der Waals surface area contributed by atoms with Gasteiger partial charge in [0.25, 0.3) is 0 Å². The Hall–Kier alpha value is -3.40. The van der Waals surface area contributed by atoms with Crippen molar-refractivity contribution in [2.45, 2.75) is 6.92 Å². The van der Waals surface area contributed by atoms with E-state index < -0.39 is 5.97 Å². The second-order valence-electron chi connectivity index (χ2n) is 6.10. The maximum absolute atomic E-state index is 12.3. The summed E-state index contributed by atoms with van der Waals surface area (Å²) in [5, 5.41) is 2.06. The van der Waals surface area contributed by atoms with Crippen molar-refractivity contribution in [3.63, 3.8) is 0 Å². The van der Waals surface area contributed by atoms with Crippen LogP contribution in [0.15, 0.2) is 71.4 Å². The molecule has 4 heteroatoms. The largest absolute Gasteiger partial charge is 0.496 e. The third-order valence-electron chi connectivity index (χ3n) is 4.35.